The van der Waals surface area contributed by atoms with Gasteiger partial charge in [0.05, 0.1) is 0 Å². The van der Waals surface area contributed by atoms with Crippen molar-refractivity contribution < 1.29 is 0 Å². The Labute approximate surface area is 90.5 Å². The van der Waals surface area contributed by atoms with Crippen LogP contribution in [0, 0.1) is 0 Å². The van der Waals surface area contributed by atoms with Crippen LogP contribution in [0.4, 0.5) is 11.4 Å². The van der Waals surface area contributed by atoms with E-state index in [9.17, 15) is 0 Å². The van der Waals surface area contributed by atoms with Gasteiger partial charge in [-0.05, 0) is 36.9 Å². The molecule has 3 heteroatoms. The van der Waals surface area contributed by atoms with Crippen molar-refractivity contribution in [3.05, 3.63) is 23.8 Å². The molecule has 1 aromatic carbocycles. The average Bonchev–Trinajstić information content (AvgIpc) is 2.18. The summed E-state index contributed by atoms with van der Waals surface area (Å²) >= 11 is 1.85. The lowest BCUT2D eigenvalue weighted by Gasteiger charge is -2.09. The second-order valence-electron chi connectivity index (χ2n) is 3.13. The van der Waals surface area contributed by atoms with E-state index in [4.69, 9.17) is 0 Å². The van der Waals surface area contributed by atoms with Crippen LogP contribution in [0.15, 0.2) is 18.2 Å². The Hall–Kier alpha value is -0.830. The van der Waals surface area contributed by atoms with Crippen LogP contribution in [0.3, 0.4) is 0 Å². The molecule has 0 saturated heterocycles. The Morgan fingerprint density at radius 2 is 1.93 bits per heavy atom. The van der Waals surface area contributed by atoms with Crippen LogP contribution in [0.25, 0.3) is 0 Å². The highest BCUT2D eigenvalue weighted by atomic mass is 32.2. The summed E-state index contributed by atoms with van der Waals surface area (Å²) in [5, 5.41) is 6.51. The van der Waals surface area contributed by atoms with E-state index < -0.39 is 0 Å². The third kappa shape index (κ3) is 3.14. The Morgan fingerprint density at radius 3 is 2.50 bits per heavy atom. The minimum Gasteiger partial charge on any atom is -0.388 e. The Kier molecular flexibility index (Phi) is 4.66. The molecule has 0 atom stereocenters. The first-order chi connectivity index (χ1) is 6.80. The molecule has 2 N–H and O–H groups in total. The molecular weight excluding hydrogens is 192 g/mol. The van der Waals surface area contributed by atoms with Crippen molar-refractivity contribution in [3.8, 4) is 0 Å². The van der Waals surface area contributed by atoms with Crippen molar-refractivity contribution >= 4 is 23.1 Å². The van der Waals surface area contributed by atoms with E-state index >= 15 is 0 Å². The molecule has 0 amide bonds. The van der Waals surface area contributed by atoms with Crippen molar-refractivity contribution in [2.24, 2.45) is 0 Å². The summed E-state index contributed by atoms with van der Waals surface area (Å²) in [6, 6.07) is 6.53. The summed E-state index contributed by atoms with van der Waals surface area (Å²) < 4.78 is 0. The van der Waals surface area contributed by atoms with Crippen LogP contribution < -0.4 is 10.6 Å². The van der Waals surface area contributed by atoms with E-state index in [1.807, 2.05) is 18.8 Å². The van der Waals surface area contributed by atoms with Gasteiger partial charge in [-0.25, -0.2) is 0 Å². The van der Waals surface area contributed by atoms with Crippen LogP contribution in [-0.2, 0) is 5.75 Å². The van der Waals surface area contributed by atoms with Gasteiger partial charge in [0.2, 0.25) is 0 Å². The summed E-state index contributed by atoms with van der Waals surface area (Å²) in [5.41, 5.74) is 3.73. The number of hydrogen-bond acceptors (Lipinski definition) is 3. The van der Waals surface area contributed by atoms with Crippen molar-refractivity contribution in [1.82, 2.24) is 0 Å². The fraction of sp³-hybridized carbons (Fsp3) is 0.455. The third-order valence-corrected chi connectivity index (χ3v) is 2.60. The number of nitrogens with one attached hydrogen (secondary N) is 2. The highest BCUT2D eigenvalue weighted by Crippen LogP contribution is 2.21. The Bertz CT molecular complexity index is 262. The minimum absolute atomic E-state index is 0.964. The molecule has 2 nitrogen and oxygen atoms in total. The first kappa shape index (κ1) is 11.2. The molecule has 0 aromatic heterocycles. The molecular formula is C11H18N2S. The second kappa shape index (κ2) is 5.81. The van der Waals surface area contributed by atoms with Gasteiger partial charge in [0.15, 0.2) is 0 Å². The topological polar surface area (TPSA) is 24.1 Å². The van der Waals surface area contributed by atoms with Crippen LogP contribution in [-0.4, -0.2) is 19.8 Å². The van der Waals surface area contributed by atoms with Gasteiger partial charge >= 0.3 is 0 Å². The van der Waals surface area contributed by atoms with E-state index in [0.717, 1.165) is 12.3 Å². The summed E-state index contributed by atoms with van der Waals surface area (Å²) in [4.78, 5) is 0. The van der Waals surface area contributed by atoms with Gasteiger partial charge in [0.25, 0.3) is 0 Å². The molecule has 0 spiro atoms. The van der Waals surface area contributed by atoms with E-state index in [1.54, 1.807) is 0 Å². The molecule has 0 fully saturated rings. The summed E-state index contributed by atoms with van der Waals surface area (Å²) in [6.45, 7) is 3.08. The van der Waals surface area contributed by atoms with Gasteiger partial charge in [-0.3, -0.25) is 0 Å². The van der Waals surface area contributed by atoms with Gasteiger partial charge < -0.3 is 10.6 Å². The fourth-order valence-electron chi connectivity index (χ4n) is 1.39. The highest BCUT2D eigenvalue weighted by Gasteiger charge is 1.98. The number of thioether (sulfide) groups is 1. The molecule has 0 heterocycles. The Morgan fingerprint density at radius 1 is 1.21 bits per heavy atom. The minimum atomic E-state index is 0.964. The quantitative estimate of drug-likeness (QED) is 0.781. The SMILES string of the molecule is CCNc1cc(CSC)cc(NC)c1. The lowest BCUT2D eigenvalue weighted by molar-refractivity contribution is 1.21. The molecule has 0 bridgehead atoms. The molecule has 1 rings (SSSR count). The smallest absolute Gasteiger partial charge is 0.0363 e. The molecule has 0 radical (unpaired) electrons. The number of anilines is 2. The maximum Gasteiger partial charge on any atom is 0.0363 e. The monoisotopic (exact) mass is 210 g/mol. The lowest BCUT2D eigenvalue weighted by Crippen LogP contribution is -1.99. The number of hydrogen-bond donors (Lipinski definition) is 2. The van der Waals surface area contributed by atoms with Gasteiger partial charge in [-0.2, -0.15) is 11.8 Å². The zero-order chi connectivity index (χ0) is 10.4. The van der Waals surface area contributed by atoms with Crippen molar-refractivity contribution in [2.75, 3.05) is 30.5 Å². The highest BCUT2D eigenvalue weighted by molar-refractivity contribution is 7.97. The molecule has 0 aliphatic rings. The molecule has 78 valence electrons. The van der Waals surface area contributed by atoms with Crippen molar-refractivity contribution in [3.63, 3.8) is 0 Å². The normalized spacial score (nSPS) is 9.93. The molecule has 14 heavy (non-hydrogen) atoms. The molecule has 0 aliphatic heterocycles. The zero-order valence-corrected chi connectivity index (χ0v) is 9.87. The van der Waals surface area contributed by atoms with Gasteiger partial charge in [-0.1, -0.05) is 0 Å². The van der Waals surface area contributed by atoms with Crippen LogP contribution in [0.2, 0.25) is 0 Å². The lowest BCUT2D eigenvalue weighted by atomic mass is 10.2. The maximum absolute atomic E-state index is 3.33. The average molecular weight is 210 g/mol. The first-order valence-corrected chi connectivity index (χ1v) is 6.24. The molecule has 0 saturated carbocycles. The van der Waals surface area contributed by atoms with E-state index in [1.165, 1.54) is 16.9 Å². The fourth-order valence-corrected chi connectivity index (χ4v) is 1.89. The van der Waals surface area contributed by atoms with E-state index in [0.29, 0.717) is 0 Å². The number of benzene rings is 1. The summed E-state index contributed by atoms with van der Waals surface area (Å²) in [6.07, 6.45) is 2.12. The van der Waals surface area contributed by atoms with Crippen LogP contribution in [0.1, 0.15) is 12.5 Å². The third-order valence-electron chi connectivity index (χ3n) is 1.97. The van der Waals surface area contributed by atoms with Crippen molar-refractivity contribution in [2.45, 2.75) is 12.7 Å². The zero-order valence-electron chi connectivity index (χ0n) is 9.05. The van der Waals surface area contributed by atoms with Gasteiger partial charge in [0.1, 0.15) is 0 Å². The second-order valence-corrected chi connectivity index (χ2v) is 4.00. The Balaban J connectivity index is 2.88. The molecule has 1 aromatic rings. The van der Waals surface area contributed by atoms with Crippen LogP contribution >= 0.6 is 11.8 Å². The van der Waals surface area contributed by atoms with Crippen molar-refractivity contribution in [1.29, 1.82) is 0 Å². The number of rotatable bonds is 5. The predicted molar refractivity (Wildman–Crippen MR) is 67.4 cm³/mol. The largest absolute Gasteiger partial charge is 0.388 e. The summed E-state index contributed by atoms with van der Waals surface area (Å²) in [5.74, 6) is 1.06. The van der Waals surface area contributed by atoms with E-state index in [-0.39, 0.29) is 0 Å². The van der Waals surface area contributed by atoms with Gasteiger partial charge in [-0.15, -0.1) is 0 Å². The van der Waals surface area contributed by atoms with Crippen LogP contribution in [0.5, 0.6) is 0 Å². The van der Waals surface area contributed by atoms with E-state index in [2.05, 4.69) is 42.0 Å². The van der Waals surface area contributed by atoms with Gasteiger partial charge in [0, 0.05) is 30.7 Å². The summed E-state index contributed by atoms with van der Waals surface area (Å²) in [7, 11) is 1.95. The first-order valence-electron chi connectivity index (χ1n) is 4.84. The molecule has 0 unspecified atom stereocenters. The molecule has 0 aliphatic carbocycles. The maximum atomic E-state index is 3.33. The predicted octanol–water partition coefficient (Wildman–Crippen LogP) is 3.02. The standard InChI is InChI=1S/C11H18N2S/c1-4-13-11-6-9(8-14-3)5-10(7-11)12-2/h5-7,12-13H,4,8H2,1-3H3.